The Kier molecular flexibility index (Phi) is 7.05. The molecule has 3 aliphatic rings. The highest BCUT2D eigenvalue weighted by Gasteiger charge is 2.44. The van der Waals surface area contributed by atoms with Gasteiger partial charge in [-0.2, -0.15) is 0 Å². The lowest BCUT2D eigenvalue weighted by Gasteiger charge is -2.40. The van der Waals surface area contributed by atoms with Crippen LogP contribution < -0.4 is 23.7 Å². The summed E-state index contributed by atoms with van der Waals surface area (Å²) in [6, 6.07) is 9.18. The van der Waals surface area contributed by atoms with Gasteiger partial charge in [0.25, 0.3) is 0 Å². The molecule has 4 atom stereocenters. The molecule has 0 spiro atoms. The number of ether oxygens (including phenoxy) is 10. The van der Waals surface area contributed by atoms with E-state index < -0.39 is 24.5 Å². The van der Waals surface area contributed by atoms with E-state index in [1.165, 1.54) is 0 Å². The number of carbonyl (C=O) groups excluding carboxylic acids is 1. The fourth-order valence-corrected chi connectivity index (χ4v) is 5.59. The van der Waals surface area contributed by atoms with Crippen molar-refractivity contribution in [2.45, 2.75) is 31.2 Å². The zero-order valence-corrected chi connectivity index (χ0v) is 22.8. The molecule has 0 saturated carbocycles. The van der Waals surface area contributed by atoms with E-state index >= 15 is 0 Å². The van der Waals surface area contributed by atoms with Gasteiger partial charge in [-0.05, 0) is 35.2 Å². The van der Waals surface area contributed by atoms with E-state index in [0.717, 1.165) is 5.56 Å². The van der Waals surface area contributed by atoms with Gasteiger partial charge >= 0.3 is 5.97 Å². The summed E-state index contributed by atoms with van der Waals surface area (Å²) in [7, 11) is 7.84. The van der Waals surface area contributed by atoms with Crippen molar-refractivity contribution in [1.29, 1.82) is 0 Å². The van der Waals surface area contributed by atoms with E-state index in [1.807, 2.05) is 30.3 Å². The minimum absolute atomic E-state index is 0.0180. The summed E-state index contributed by atoms with van der Waals surface area (Å²) < 4.78 is 57.6. The number of carbonyl (C=O) groups is 1. The standard InChI is InChI=1S/C29H30O11/c1-31-19-9-15-16(10-20(19)32-2)25(40-29-27(35-5)26(34-4)22(33-3)12-37-29)17-11-36-28(30)24(17)23(15)14-6-7-18-21(8-14)39-13-38-18/h6-10,22,26-27,29H,11-13H2,1-5H3. The summed E-state index contributed by atoms with van der Waals surface area (Å²) in [6.45, 7) is 0.373. The molecule has 11 heteroatoms. The van der Waals surface area contributed by atoms with Crippen LogP contribution in [0.2, 0.25) is 0 Å². The van der Waals surface area contributed by atoms with E-state index in [-0.39, 0.29) is 26.1 Å². The molecular formula is C29H30O11. The Morgan fingerprint density at radius 3 is 2.20 bits per heavy atom. The van der Waals surface area contributed by atoms with Crippen LogP contribution in [-0.2, 0) is 30.3 Å². The van der Waals surface area contributed by atoms with Crippen LogP contribution in [-0.4, -0.2) is 79.5 Å². The van der Waals surface area contributed by atoms with Gasteiger partial charge in [0.15, 0.2) is 23.0 Å². The first-order chi connectivity index (χ1) is 19.5. The average molecular weight is 555 g/mol. The minimum Gasteiger partial charge on any atom is -0.493 e. The molecule has 0 aliphatic carbocycles. The monoisotopic (exact) mass is 554 g/mol. The highest BCUT2D eigenvalue weighted by molar-refractivity contribution is 6.14. The number of esters is 1. The Morgan fingerprint density at radius 2 is 1.50 bits per heavy atom. The highest BCUT2D eigenvalue weighted by Crippen LogP contribution is 2.49. The Morgan fingerprint density at radius 1 is 0.775 bits per heavy atom. The number of benzene rings is 3. The Labute approximate surface area is 230 Å². The molecule has 0 bridgehead atoms. The smallest absolute Gasteiger partial charge is 0.339 e. The molecule has 3 aromatic carbocycles. The van der Waals surface area contributed by atoms with Crippen LogP contribution in [0.1, 0.15) is 15.9 Å². The van der Waals surface area contributed by atoms with Gasteiger partial charge < -0.3 is 47.4 Å². The van der Waals surface area contributed by atoms with Crippen molar-refractivity contribution in [2.24, 2.45) is 0 Å². The average Bonchev–Trinajstić information content (AvgIpc) is 3.62. The van der Waals surface area contributed by atoms with Crippen molar-refractivity contribution in [2.75, 3.05) is 48.9 Å². The van der Waals surface area contributed by atoms with Crippen molar-refractivity contribution >= 4 is 16.7 Å². The number of hydrogen-bond donors (Lipinski definition) is 0. The van der Waals surface area contributed by atoms with Crippen LogP contribution >= 0.6 is 0 Å². The zero-order valence-electron chi connectivity index (χ0n) is 22.8. The first-order valence-electron chi connectivity index (χ1n) is 12.7. The Hall–Kier alpha value is -3.77. The molecule has 0 N–H and O–H groups in total. The van der Waals surface area contributed by atoms with Gasteiger partial charge in [0.1, 0.15) is 30.7 Å². The molecule has 212 valence electrons. The zero-order chi connectivity index (χ0) is 28.0. The molecule has 4 unspecified atom stereocenters. The molecule has 40 heavy (non-hydrogen) atoms. The van der Waals surface area contributed by atoms with Crippen molar-refractivity contribution in [1.82, 2.24) is 0 Å². The molecule has 6 rings (SSSR count). The van der Waals surface area contributed by atoms with Crippen LogP contribution in [0.4, 0.5) is 0 Å². The first kappa shape index (κ1) is 26.5. The number of rotatable bonds is 8. The van der Waals surface area contributed by atoms with E-state index in [2.05, 4.69) is 0 Å². The molecule has 3 aromatic rings. The van der Waals surface area contributed by atoms with Crippen molar-refractivity contribution in [3.05, 3.63) is 41.5 Å². The molecule has 11 nitrogen and oxygen atoms in total. The summed E-state index contributed by atoms with van der Waals surface area (Å²) in [5.41, 5.74) is 2.37. The second kappa shape index (κ2) is 10.7. The third-order valence-corrected chi connectivity index (χ3v) is 7.54. The summed E-state index contributed by atoms with van der Waals surface area (Å²) in [5.74, 6) is 2.14. The van der Waals surface area contributed by atoms with Gasteiger partial charge in [0.2, 0.25) is 13.1 Å². The highest BCUT2D eigenvalue weighted by atomic mass is 16.7. The maximum atomic E-state index is 13.3. The second-order valence-corrected chi connectivity index (χ2v) is 9.45. The Balaban J connectivity index is 1.57. The van der Waals surface area contributed by atoms with Gasteiger partial charge in [-0.15, -0.1) is 0 Å². The lowest BCUT2D eigenvalue weighted by molar-refractivity contribution is -0.258. The fourth-order valence-electron chi connectivity index (χ4n) is 5.59. The van der Waals surface area contributed by atoms with Crippen molar-refractivity contribution in [3.8, 4) is 39.9 Å². The van der Waals surface area contributed by atoms with Gasteiger partial charge in [0, 0.05) is 37.8 Å². The molecule has 1 fully saturated rings. The number of hydrogen-bond acceptors (Lipinski definition) is 11. The third kappa shape index (κ3) is 4.17. The number of cyclic esters (lactones) is 1. The maximum Gasteiger partial charge on any atom is 0.339 e. The quantitative estimate of drug-likeness (QED) is 0.380. The summed E-state index contributed by atoms with van der Waals surface area (Å²) in [4.78, 5) is 13.3. The second-order valence-electron chi connectivity index (χ2n) is 9.45. The predicted molar refractivity (Wildman–Crippen MR) is 140 cm³/mol. The lowest BCUT2D eigenvalue weighted by Crippen LogP contribution is -2.57. The van der Waals surface area contributed by atoms with Crippen molar-refractivity contribution < 1.29 is 52.2 Å². The van der Waals surface area contributed by atoms with E-state index in [9.17, 15) is 4.79 Å². The first-order valence-corrected chi connectivity index (χ1v) is 12.7. The fraction of sp³-hybridized carbons (Fsp3) is 0.414. The van der Waals surface area contributed by atoms with E-state index in [1.54, 1.807) is 35.5 Å². The largest absolute Gasteiger partial charge is 0.493 e. The van der Waals surface area contributed by atoms with Crippen LogP contribution in [0.25, 0.3) is 21.9 Å². The lowest BCUT2D eigenvalue weighted by atomic mass is 9.89. The summed E-state index contributed by atoms with van der Waals surface area (Å²) >= 11 is 0. The Bertz CT molecular complexity index is 1450. The molecule has 3 heterocycles. The molecule has 0 radical (unpaired) electrons. The van der Waals surface area contributed by atoms with Crippen LogP contribution in [0.15, 0.2) is 30.3 Å². The van der Waals surface area contributed by atoms with Crippen molar-refractivity contribution in [3.63, 3.8) is 0 Å². The van der Waals surface area contributed by atoms with Gasteiger partial charge in [0.05, 0.1) is 26.4 Å². The van der Waals surface area contributed by atoms with Gasteiger partial charge in [-0.1, -0.05) is 6.07 Å². The van der Waals surface area contributed by atoms with Crippen LogP contribution in [0, 0.1) is 0 Å². The minimum atomic E-state index is -0.867. The van der Waals surface area contributed by atoms with Gasteiger partial charge in [-0.3, -0.25) is 0 Å². The normalized spacial score (nSPS) is 23.2. The molecule has 3 aliphatic heterocycles. The molecule has 0 amide bonds. The molecule has 0 aromatic heterocycles. The van der Waals surface area contributed by atoms with E-state index in [0.29, 0.717) is 56.2 Å². The summed E-state index contributed by atoms with van der Waals surface area (Å²) in [6.07, 6.45) is -2.29. The van der Waals surface area contributed by atoms with Crippen LogP contribution in [0.3, 0.4) is 0 Å². The molecule has 1 saturated heterocycles. The summed E-state index contributed by atoms with van der Waals surface area (Å²) in [5, 5.41) is 1.36. The van der Waals surface area contributed by atoms with Gasteiger partial charge in [-0.25, -0.2) is 4.79 Å². The molecular weight excluding hydrogens is 524 g/mol. The van der Waals surface area contributed by atoms with Crippen LogP contribution in [0.5, 0.6) is 28.7 Å². The number of methoxy groups -OCH3 is 5. The topological polar surface area (TPSA) is 109 Å². The predicted octanol–water partition coefficient (Wildman–Crippen LogP) is 3.70. The van der Waals surface area contributed by atoms with E-state index in [4.69, 9.17) is 47.4 Å². The number of fused-ring (bicyclic) bond motifs is 3. The third-order valence-electron chi connectivity index (χ3n) is 7.54. The maximum absolute atomic E-state index is 13.3. The SMILES string of the molecule is COc1cc2c(OC3OCC(OC)C(OC)C3OC)c3c(c(-c4ccc5c(c4)OCO5)c2cc1OC)C(=O)OC3.